The molecule has 2 aromatic rings. The van der Waals surface area contributed by atoms with Crippen molar-refractivity contribution < 1.29 is 22.7 Å². The van der Waals surface area contributed by atoms with Crippen molar-refractivity contribution in [3.63, 3.8) is 0 Å². The molecule has 0 aliphatic carbocycles. The van der Waals surface area contributed by atoms with Gasteiger partial charge in [0.05, 0.1) is 17.8 Å². The first-order chi connectivity index (χ1) is 10.4. The minimum atomic E-state index is -4.65. The van der Waals surface area contributed by atoms with Crippen LogP contribution in [0, 0.1) is 0 Å². The summed E-state index contributed by atoms with van der Waals surface area (Å²) in [5.41, 5.74) is -0.768. The summed E-state index contributed by atoms with van der Waals surface area (Å²) in [6.07, 6.45) is -3.28. The highest BCUT2D eigenvalue weighted by atomic mass is 19.4. The number of nitrogens with one attached hydrogen (secondary N) is 2. The molecule has 0 saturated carbocycles. The molecule has 0 fully saturated rings. The molecule has 1 aliphatic heterocycles. The predicted molar refractivity (Wildman–Crippen MR) is 70.5 cm³/mol. The van der Waals surface area contributed by atoms with Gasteiger partial charge in [0.2, 0.25) is 0 Å². The van der Waals surface area contributed by atoms with Crippen molar-refractivity contribution in [1.29, 1.82) is 0 Å². The van der Waals surface area contributed by atoms with Crippen LogP contribution in [-0.4, -0.2) is 28.8 Å². The fraction of sp³-hybridized carbons (Fsp3) is 0.286. The molecule has 1 unspecified atom stereocenters. The molecule has 1 aromatic carbocycles. The van der Waals surface area contributed by atoms with Crippen LogP contribution < -0.4 is 10.1 Å². The van der Waals surface area contributed by atoms with Gasteiger partial charge in [-0.3, -0.25) is 9.89 Å². The predicted octanol–water partition coefficient (Wildman–Crippen LogP) is 2.16. The number of rotatable bonds is 2. The van der Waals surface area contributed by atoms with Crippen molar-refractivity contribution in [1.82, 2.24) is 15.5 Å². The fourth-order valence-electron chi connectivity index (χ4n) is 2.36. The molecule has 3 rings (SSSR count). The average Bonchev–Trinajstić information content (AvgIpc) is 2.97. The quantitative estimate of drug-likeness (QED) is 0.893. The van der Waals surface area contributed by atoms with Crippen LogP contribution >= 0.6 is 0 Å². The largest absolute Gasteiger partial charge is 0.491 e. The standard InChI is InChI=1S/C14H12F3N3O2/c15-14(16,17)12-10(6-18-20-12)13(21)19-9-5-8-3-1-2-4-11(8)22-7-9/h1-4,6,9H,5,7H2,(H,18,20)(H,19,21). The number of halogens is 3. The number of hydrogen-bond acceptors (Lipinski definition) is 3. The van der Waals surface area contributed by atoms with E-state index in [1.165, 1.54) is 0 Å². The summed E-state index contributed by atoms with van der Waals surface area (Å²) in [6, 6.07) is 6.94. The van der Waals surface area contributed by atoms with Crippen molar-refractivity contribution in [3.05, 3.63) is 47.3 Å². The summed E-state index contributed by atoms with van der Waals surface area (Å²) >= 11 is 0. The maximum atomic E-state index is 12.7. The first kappa shape index (κ1) is 14.4. The van der Waals surface area contributed by atoms with E-state index in [4.69, 9.17) is 4.74 Å². The molecular weight excluding hydrogens is 299 g/mol. The monoisotopic (exact) mass is 311 g/mol. The number of H-pyrrole nitrogens is 1. The zero-order chi connectivity index (χ0) is 15.7. The number of benzene rings is 1. The van der Waals surface area contributed by atoms with Crippen molar-refractivity contribution in [2.24, 2.45) is 0 Å². The van der Waals surface area contributed by atoms with Gasteiger partial charge in [0.25, 0.3) is 5.91 Å². The number of fused-ring (bicyclic) bond motifs is 1. The van der Waals surface area contributed by atoms with Gasteiger partial charge in [-0.2, -0.15) is 18.3 Å². The second-order valence-electron chi connectivity index (χ2n) is 4.95. The molecule has 116 valence electrons. The number of carbonyl (C=O) groups excluding carboxylic acids is 1. The minimum absolute atomic E-state index is 0.210. The minimum Gasteiger partial charge on any atom is -0.491 e. The van der Waals surface area contributed by atoms with Crippen molar-refractivity contribution >= 4 is 5.91 Å². The molecule has 2 heterocycles. The number of ether oxygens (including phenoxy) is 1. The maximum Gasteiger partial charge on any atom is 0.433 e. The van der Waals surface area contributed by atoms with Crippen molar-refractivity contribution in [2.75, 3.05) is 6.61 Å². The lowest BCUT2D eigenvalue weighted by Gasteiger charge is -2.26. The van der Waals surface area contributed by atoms with Crippen LogP contribution in [0.1, 0.15) is 21.6 Å². The van der Waals surface area contributed by atoms with E-state index in [-0.39, 0.29) is 6.61 Å². The first-order valence-corrected chi connectivity index (χ1v) is 6.57. The van der Waals surface area contributed by atoms with Gasteiger partial charge in [0, 0.05) is 0 Å². The SMILES string of the molecule is O=C(NC1COc2ccccc2C1)c1cn[nH]c1C(F)(F)F. The molecule has 0 radical (unpaired) electrons. The van der Waals surface area contributed by atoms with Crippen LogP contribution in [0.2, 0.25) is 0 Å². The van der Waals surface area contributed by atoms with Gasteiger partial charge in [-0.05, 0) is 18.1 Å². The van der Waals surface area contributed by atoms with Gasteiger partial charge in [-0.1, -0.05) is 18.2 Å². The van der Waals surface area contributed by atoms with E-state index >= 15 is 0 Å². The Labute approximate surface area is 123 Å². The van der Waals surface area contributed by atoms with Crippen LogP contribution in [0.3, 0.4) is 0 Å². The van der Waals surface area contributed by atoms with Gasteiger partial charge in [-0.25, -0.2) is 0 Å². The summed E-state index contributed by atoms with van der Waals surface area (Å²) in [6.45, 7) is 0.210. The van der Waals surface area contributed by atoms with E-state index in [0.717, 1.165) is 17.5 Å². The van der Waals surface area contributed by atoms with E-state index in [2.05, 4.69) is 10.4 Å². The molecule has 8 heteroatoms. The molecule has 0 saturated heterocycles. The third-order valence-electron chi connectivity index (χ3n) is 3.38. The van der Waals surface area contributed by atoms with E-state index in [1.807, 2.05) is 29.4 Å². The zero-order valence-electron chi connectivity index (χ0n) is 11.3. The first-order valence-electron chi connectivity index (χ1n) is 6.57. The molecule has 1 aromatic heterocycles. The lowest BCUT2D eigenvalue weighted by molar-refractivity contribution is -0.141. The number of alkyl halides is 3. The number of aromatic nitrogens is 2. The van der Waals surface area contributed by atoms with Gasteiger partial charge in [0.1, 0.15) is 12.4 Å². The summed E-state index contributed by atoms with van der Waals surface area (Å²) in [4.78, 5) is 12.0. The molecule has 0 spiro atoms. The Bertz CT molecular complexity index is 697. The number of carbonyl (C=O) groups is 1. The summed E-state index contributed by atoms with van der Waals surface area (Å²) in [5.74, 6) is -0.0960. The highest BCUT2D eigenvalue weighted by molar-refractivity contribution is 5.95. The van der Waals surface area contributed by atoms with Crippen molar-refractivity contribution in [3.8, 4) is 5.75 Å². The number of amides is 1. The summed E-state index contributed by atoms with van der Waals surface area (Å²) < 4.78 is 43.7. The molecule has 1 aliphatic rings. The third-order valence-corrected chi connectivity index (χ3v) is 3.38. The van der Waals surface area contributed by atoms with Gasteiger partial charge >= 0.3 is 6.18 Å². The summed E-state index contributed by atoms with van der Waals surface area (Å²) in [7, 11) is 0. The Hall–Kier alpha value is -2.51. The number of para-hydroxylation sites is 1. The normalized spacial score (nSPS) is 17.5. The lowest BCUT2D eigenvalue weighted by Crippen LogP contribution is -2.43. The second kappa shape index (κ2) is 5.36. The van der Waals surface area contributed by atoms with Crippen LogP contribution in [-0.2, 0) is 12.6 Å². The zero-order valence-corrected chi connectivity index (χ0v) is 11.3. The molecule has 1 amide bonds. The van der Waals surface area contributed by atoms with E-state index < -0.39 is 29.4 Å². The fourth-order valence-corrected chi connectivity index (χ4v) is 2.36. The topological polar surface area (TPSA) is 67.0 Å². The Morgan fingerprint density at radius 2 is 2.14 bits per heavy atom. The Morgan fingerprint density at radius 3 is 2.91 bits per heavy atom. The number of nitrogens with zero attached hydrogens (tertiary/aromatic N) is 1. The van der Waals surface area contributed by atoms with Crippen LogP contribution in [0.25, 0.3) is 0 Å². The smallest absolute Gasteiger partial charge is 0.433 e. The molecular formula is C14H12F3N3O2. The molecule has 0 bridgehead atoms. The third kappa shape index (κ3) is 2.76. The Kier molecular flexibility index (Phi) is 3.51. The Balaban J connectivity index is 1.73. The van der Waals surface area contributed by atoms with Gasteiger partial charge in [0.15, 0.2) is 5.69 Å². The van der Waals surface area contributed by atoms with Gasteiger partial charge in [-0.15, -0.1) is 0 Å². The summed E-state index contributed by atoms with van der Waals surface area (Å²) in [5, 5.41) is 7.66. The maximum absolute atomic E-state index is 12.7. The van der Waals surface area contributed by atoms with Gasteiger partial charge < -0.3 is 10.1 Å². The Morgan fingerprint density at radius 1 is 1.36 bits per heavy atom. The van der Waals surface area contributed by atoms with Crippen molar-refractivity contribution in [2.45, 2.75) is 18.6 Å². The molecule has 1 atom stereocenters. The van der Waals surface area contributed by atoms with E-state index in [0.29, 0.717) is 6.42 Å². The molecule has 5 nitrogen and oxygen atoms in total. The second-order valence-corrected chi connectivity index (χ2v) is 4.95. The van der Waals surface area contributed by atoms with E-state index in [1.54, 1.807) is 0 Å². The number of aromatic amines is 1. The number of hydrogen-bond donors (Lipinski definition) is 2. The van der Waals surface area contributed by atoms with E-state index in [9.17, 15) is 18.0 Å². The molecule has 22 heavy (non-hydrogen) atoms. The highest BCUT2D eigenvalue weighted by Crippen LogP contribution is 2.30. The lowest BCUT2D eigenvalue weighted by atomic mass is 10.0. The molecule has 2 N–H and O–H groups in total. The van der Waals surface area contributed by atoms with Crippen LogP contribution in [0.4, 0.5) is 13.2 Å². The highest BCUT2D eigenvalue weighted by Gasteiger charge is 2.38. The van der Waals surface area contributed by atoms with Crippen LogP contribution in [0.15, 0.2) is 30.5 Å². The average molecular weight is 311 g/mol. The van der Waals surface area contributed by atoms with Crippen LogP contribution in [0.5, 0.6) is 5.75 Å².